The molecule has 26 heavy (non-hydrogen) atoms. The standard InChI is InChI=1S/C19H21F2N3O2/c1-12-9-13(2)11-24(10-12)18(23-25)14-5-4-8-22-19(14)26-17-15(20)6-3-7-16(17)21/h3-8,12-13,25H,9-11H2,1-2H3/b23-18-. The molecule has 0 radical (unpaired) electrons. The zero-order valence-corrected chi connectivity index (χ0v) is 14.7. The van der Waals surface area contributed by atoms with Crippen LogP contribution in [0.15, 0.2) is 41.7 Å². The minimum atomic E-state index is -0.829. The fourth-order valence-electron chi connectivity index (χ4n) is 3.44. The van der Waals surface area contributed by atoms with Crippen LogP contribution >= 0.6 is 0 Å². The molecule has 1 fully saturated rings. The lowest BCUT2D eigenvalue weighted by Gasteiger charge is -2.36. The first kappa shape index (κ1) is 18.1. The SMILES string of the molecule is CC1CC(C)CN(/C(=N\O)c2cccnc2Oc2c(F)cccc2F)C1. The predicted octanol–water partition coefficient (Wildman–Crippen LogP) is 4.27. The predicted molar refractivity (Wildman–Crippen MR) is 93.5 cm³/mol. The Kier molecular flexibility index (Phi) is 5.35. The third-order valence-electron chi connectivity index (χ3n) is 4.39. The smallest absolute Gasteiger partial charge is 0.230 e. The summed E-state index contributed by atoms with van der Waals surface area (Å²) in [5, 5.41) is 13.1. The molecule has 0 spiro atoms. The van der Waals surface area contributed by atoms with Gasteiger partial charge in [-0.1, -0.05) is 25.1 Å². The molecule has 138 valence electrons. The molecule has 1 aromatic heterocycles. The maximum atomic E-state index is 13.9. The number of piperidine rings is 1. The normalized spacial score (nSPS) is 20.9. The van der Waals surface area contributed by atoms with Crippen LogP contribution in [-0.2, 0) is 0 Å². The molecule has 1 aromatic carbocycles. The first-order chi connectivity index (χ1) is 12.5. The van der Waals surface area contributed by atoms with Gasteiger partial charge < -0.3 is 14.8 Å². The number of nitrogens with zero attached hydrogens (tertiary/aromatic N) is 3. The number of benzene rings is 1. The summed E-state index contributed by atoms with van der Waals surface area (Å²) in [7, 11) is 0. The Bertz CT molecular complexity index is 783. The van der Waals surface area contributed by atoms with Gasteiger partial charge in [-0.25, -0.2) is 13.8 Å². The van der Waals surface area contributed by atoms with E-state index in [-0.39, 0.29) is 11.7 Å². The summed E-state index contributed by atoms with van der Waals surface area (Å²) >= 11 is 0. The minimum Gasteiger partial charge on any atom is -0.432 e. The number of rotatable bonds is 3. The van der Waals surface area contributed by atoms with E-state index in [4.69, 9.17) is 4.74 Å². The Morgan fingerprint density at radius 3 is 2.42 bits per heavy atom. The molecule has 3 rings (SSSR count). The van der Waals surface area contributed by atoms with E-state index in [9.17, 15) is 14.0 Å². The van der Waals surface area contributed by atoms with Gasteiger partial charge in [0.1, 0.15) is 0 Å². The second kappa shape index (κ2) is 7.68. The van der Waals surface area contributed by atoms with Crippen molar-refractivity contribution in [3.05, 3.63) is 53.7 Å². The van der Waals surface area contributed by atoms with E-state index < -0.39 is 17.4 Å². The molecule has 2 aromatic rings. The second-order valence-electron chi connectivity index (χ2n) is 6.78. The molecule has 5 nitrogen and oxygen atoms in total. The van der Waals surface area contributed by atoms with Gasteiger partial charge in [0, 0.05) is 19.3 Å². The Hall–Kier alpha value is -2.70. The highest BCUT2D eigenvalue weighted by molar-refractivity contribution is 6.00. The summed E-state index contributed by atoms with van der Waals surface area (Å²) in [4.78, 5) is 6.03. The minimum absolute atomic E-state index is 0.0184. The summed E-state index contributed by atoms with van der Waals surface area (Å²) in [6.07, 6.45) is 2.54. The first-order valence-corrected chi connectivity index (χ1v) is 8.53. The fraction of sp³-hybridized carbons (Fsp3) is 0.368. The van der Waals surface area contributed by atoms with E-state index in [0.717, 1.165) is 18.6 Å². The van der Waals surface area contributed by atoms with Gasteiger partial charge in [0.25, 0.3) is 0 Å². The van der Waals surface area contributed by atoms with E-state index >= 15 is 0 Å². The van der Waals surface area contributed by atoms with Crippen molar-refractivity contribution in [3.63, 3.8) is 0 Å². The number of ether oxygens (including phenoxy) is 1. The molecule has 0 amide bonds. The van der Waals surface area contributed by atoms with Crippen molar-refractivity contribution in [2.75, 3.05) is 13.1 Å². The quantitative estimate of drug-likeness (QED) is 0.384. The molecule has 1 saturated heterocycles. The Morgan fingerprint density at radius 1 is 1.15 bits per heavy atom. The van der Waals surface area contributed by atoms with Gasteiger partial charge in [-0.05, 0) is 42.5 Å². The Labute approximate surface area is 150 Å². The van der Waals surface area contributed by atoms with Gasteiger partial charge in [-0.15, -0.1) is 0 Å². The highest BCUT2D eigenvalue weighted by Crippen LogP contribution is 2.30. The molecule has 1 aliphatic heterocycles. The number of hydrogen-bond acceptors (Lipinski definition) is 4. The molecule has 0 bridgehead atoms. The van der Waals surface area contributed by atoms with Crippen LogP contribution in [0.25, 0.3) is 0 Å². The van der Waals surface area contributed by atoms with Crippen LogP contribution in [0.5, 0.6) is 11.6 Å². The van der Waals surface area contributed by atoms with Crippen molar-refractivity contribution in [1.82, 2.24) is 9.88 Å². The van der Waals surface area contributed by atoms with E-state index in [0.29, 0.717) is 30.5 Å². The number of amidine groups is 1. The lowest BCUT2D eigenvalue weighted by Crippen LogP contribution is -2.43. The van der Waals surface area contributed by atoms with E-state index in [1.54, 1.807) is 12.1 Å². The van der Waals surface area contributed by atoms with Gasteiger partial charge in [0.2, 0.25) is 11.6 Å². The fourth-order valence-corrected chi connectivity index (χ4v) is 3.44. The molecule has 2 heterocycles. The number of oxime groups is 1. The third kappa shape index (κ3) is 3.76. The molecular formula is C19H21F2N3O2. The van der Waals surface area contributed by atoms with Crippen LogP contribution in [0.2, 0.25) is 0 Å². The summed E-state index contributed by atoms with van der Waals surface area (Å²) in [5.74, 6) is -1.07. The zero-order valence-electron chi connectivity index (χ0n) is 14.7. The average Bonchev–Trinajstić information content (AvgIpc) is 2.59. The number of aromatic nitrogens is 1. The van der Waals surface area contributed by atoms with E-state index in [1.807, 2.05) is 4.90 Å². The van der Waals surface area contributed by atoms with Crippen molar-refractivity contribution in [2.24, 2.45) is 17.0 Å². The van der Waals surface area contributed by atoms with E-state index in [1.165, 1.54) is 12.3 Å². The number of pyridine rings is 1. The molecule has 7 heteroatoms. The van der Waals surface area contributed by atoms with Gasteiger partial charge in [-0.2, -0.15) is 0 Å². The molecule has 2 unspecified atom stereocenters. The maximum Gasteiger partial charge on any atom is 0.230 e. The summed E-state index contributed by atoms with van der Waals surface area (Å²) in [6.45, 7) is 5.69. The topological polar surface area (TPSA) is 58.0 Å². The molecule has 1 N–H and O–H groups in total. The number of halogens is 2. The molecular weight excluding hydrogens is 340 g/mol. The summed E-state index contributed by atoms with van der Waals surface area (Å²) in [6, 6.07) is 6.78. The number of para-hydroxylation sites is 1. The van der Waals surface area contributed by atoms with Gasteiger partial charge in [-0.3, -0.25) is 0 Å². The van der Waals surface area contributed by atoms with Crippen molar-refractivity contribution in [3.8, 4) is 11.6 Å². The van der Waals surface area contributed by atoms with Gasteiger partial charge in [0.15, 0.2) is 17.5 Å². The van der Waals surface area contributed by atoms with Crippen LogP contribution in [-0.4, -0.2) is 34.0 Å². The van der Waals surface area contributed by atoms with Crippen LogP contribution < -0.4 is 4.74 Å². The number of likely N-dealkylation sites (tertiary alicyclic amines) is 1. The van der Waals surface area contributed by atoms with Crippen molar-refractivity contribution in [1.29, 1.82) is 0 Å². The van der Waals surface area contributed by atoms with Crippen LogP contribution in [0.4, 0.5) is 8.78 Å². The van der Waals surface area contributed by atoms with Gasteiger partial charge >= 0.3 is 0 Å². The number of hydrogen-bond donors (Lipinski definition) is 1. The van der Waals surface area contributed by atoms with E-state index in [2.05, 4.69) is 24.0 Å². The van der Waals surface area contributed by atoms with Crippen LogP contribution in [0.1, 0.15) is 25.8 Å². The maximum absolute atomic E-state index is 13.9. The second-order valence-corrected chi connectivity index (χ2v) is 6.78. The molecule has 2 atom stereocenters. The lowest BCUT2D eigenvalue weighted by atomic mass is 9.91. The summed E-state index contributed by atoms with van der Waals surface area (Å²) < 4.78 is 33.3. The summed E-state index contributed by atoms with van der Waals surface area (Å²) in [5.41, 5.74) is 0.374. The first-order valence-electron chi connectivity index (χ1n) is 8.53. The third-order valence-corrected chi connectivity index (χ3v) is 4.39. The van der Waals surface area contributed by atoms with Crippen molar-refractivity contribution >= 4 is 5.84 Å². The highest BCUT2D eigenvalue weighted by atomic mass is 19.1. The Morgan fingerprint density at radius 2 is 1.81 bits per heavy atom. The van der Waals surface area contributed by atoms with Crippen LogP contribution in [0.3, 0.4) is 0 Å². The molecule has 0 aliphatic carbocycles. The largest absolute Gasteiger partial charge is 0.432 e. The van der Waals surface area contributed by atoms with Crippen molar-refractivity contribution in [2.45, 2.75) is 20.3 Å². The lowest BCUT2D eigenvalue weighted by molar-refractivity contribution is 0.204. The Balaban J connectivity index is 1.95. The zero-order chi connectivity index (χ0) is 18.7. The average molecular weight is 361 g/mol. The molecule has 0 saturated carbocycles. The highest BCUT2D eigenvalue weighted by Gasteiger charge is 2.28. The van der Waals surface area contributed by atoms with Crippen molar-refractivity contribution < 1.29 is 18.7 Å². The van der Waals surface area contributed by atoms with Gasteiger partial charge in [0.05, 0.1) is 5.56 Å². The molecule has 1 aliphatic rings. The monoisotopic (exact) mass is 361 g/mol. The van der Waals surface area contributed by atoms with Crippen LogP contribution in [0, 0.1) is 23.5 Å².